The zero-order chi connectivity index (χ0) is 48.9. The van der Waals surface area contributed by atoms with Gasteiger partial charge in [-0.15, -0.1) is 0 Å². The van der Waals surface area contributed by atoms with Gasteiger partial charge in [-0.3, -0.25) is 19.2 Å². The lowest BCUT2D eigenvalue weighted by Crippen LogP contribution is -2.64. The molecule has 380 valence electrons. The molecule has 3 fully saturated rings. The highest BCUT2D eigenvalue weighted by Gasteiger charge is 2.52. The molecule has 0 aromatic rings. The van der Waals surface area contributed by atoms with Crippen LogP contribution in [0.3, 0.4) is 0 Å². The van der Waals surface area contributed by atoms with E-state index >= 15 is 0 Å². The Morgan fingerprint density at radius 3 is 2.00 bits per heavy atom. The van der Waals surface area contributed by atoms with Gasteiger partial charge in [0, 0.05) is 22.9 Å². The number of aliphatic carboxylic acids is 1. The molecule has 0 radical (unpaired) electrons. The number of rotatable bonds is 27. The Balaban J connectivity index is 0.0000112. The maximum Gasteiger partial charge on any atom is 0.329 e. The summed E-state index contributed by atoms with van der Waals surface area (Å²) in [5.74, 6) is -3.63. The zero-order valence-electron chi connectivity index (χ0n) is 38.3. The Bertz CT molecular complexity index is 1560. The van der Waals surface area contributed by atoms with Gasteiger partial charge in [0.1, 0.15) is 87.5 Å². The van der Waals surface area contributed by atoms with Gasteiger partial charge in [0.05, 0.1) is 55.3 Å². The number of amides is 1. The van der Waals surface area contributed by atoms with Gasteiger partial charge in [0.15, 0.2) is 6.29 Å². The van der Waals surface area contributed by atoms with Gasteiger partial charge in [0.2, 0.25) is 5.91 Å². The van der Waals surface area contributed by atoms with Crippen molar-refractivity contribution in [1.29, 1.82) is 0 Å². The molecule has 0 saturated carbocycles. The van der Waals surface area contributed by atoms with E-state index in [2.05, 4.69) is 0 Å². The first kappa shape index (κ1) is 56.2. The minimum atomic E-state index is -1.76. The SMILES string of the molecule is CCC(C)(CC(C)(CC(C)(C)C(=O)OCC(O)COCC1OC(OC2C(COCC(=O)O)OC(C)C(O)C2O)C(O)C(O)C1OC)C(=O)OCC(O)CO)C(=O)OCCN1CCCC1=O.[HH].[HH]. The van der Waals surface area contributed by atoms with Crippen molar-refractivity contribution in [2.24, 2.45) is 16.2 Å². The van der Waals surface area contributed by atoms with Crippen LogP contribution in [-0.2, 0) is 66.6 Å². The number of carbonyl (C=O) groups is 5. The first-order chi connectivity index (χ1) is 30.4. The van der Waals surface area contributed by atoms with Crippen molar-refractivity contribution < 1.29 is 110 Å². The Hall–Kier alpha value is -3.17. The number of esters is 3. The van der Waals surface area contributed by atoms with Crippen molar-refractivity contribution in [3.8, 4) is 0 Å². The van der Waals surface area contributed by atoms with Crippen molar-refractivity contribution in [1.82, 2.24) is 4.90 Å². The number of carboxylic acids is 1. The van der Waals surface area contributed by atoms with Gasteiger partial charge in [-0.1, -0.05) is 6.92 Å². The summed E-state index contributed by atoms with van der Waals surface area (Å²) in [5.41, 5.74) is -4.29. The second-order valence-electron chi connectivity index (χ2n) is 18.2. The molecule has 0 spiro atoms. The number of carbonyl (C=O) groups excluding carboxylic acids is 4. The van der Waals surface area contributed by atoms with Gasteiger partial charge in [0.25, 0.3) is 0 Å². The van der Waals surface area contributed by atoms with E-state index in [-0.39, 0.29) is 54.4 Å². The van der Waals surface area contributed by atoms with Crippen molar-refractivity contribution in [2.45, 2.75) is 147 Å². The molecule has 14 unspecified atom stereocenters. The average Bonchev–Trinajstić information content (AvgIpc) is 3.66. The van der Waals surface area contributed by atoms with Crippen molar-refractivity contribution >= 4 is 29.8 Å². The Kier molecular flexibility index (Phi) is 21.8. The van der Waals surface area contributed by atoms with Crippen LogP contribution in [0.25, 0.3) is 0 Å². The van der Waals surface area contributed by atoms with E-state index < -0.39 is 147 Å². The number of aliphatic hydroxyl groups excluding tert-OH is 7. The number of aliphatic hydroxyl groups is 7. The normalized spacial score (nSPS) is 30.2. The molecule has 0 aliphatic carbocycles. The van der Waals surface area contributed by atoms with E-state index in [9.17, 15) is 59.7 Å². The van der Waals surface area contributed by atoms with Gasteiger partial charge in [-0.2, -0.15) is 0 Å². The maximum absolute atomic E-state index is 13.7. The highest BCUT2D eigenvalue weighted by Crippen LogP contribution is 2.46. The lowest BCUT2D eigenvalue weighted by molar-refractivity contribution is -0.344. The summed E-state index contributed by atoms with van der Waals surface area (Å²) in [6.45, 7) is 6.28. The van der Waals surface area contributed by atoms with Crippen LogP contribution in [0.4, 0.5) is 0 Å². The smallest absolute Gasteiger partial charge is 0.329 e. The number of likely N-dealkylation sites (tertiary alicyclic amines) is 1. The van der Waals surface area contributed by atoms with E-state index in [0.29, 0.717) is 19.4 Å². The summed E-state index contributed by atoms with van der Waals surface area (Å²) in [6, 6.07) is 0. The highest BCUT2D eigenvalue weighted by molar-refractivity contribution is 5.83. The predicted octanol–water partition coefficient (Wildman–Crippen LogP) is -1.85. The third kappa shape index (κ3) is 15.7. The zero-order valence-corrected chi connectivity index (χ0v) is 38.3. The molecular weight excluding hydrogens is 870 g/mol. The molecule has 14 atom stereocenters. The summed E-state index contributed by atoms with van der Waals surface area (Å²) in [6.07, 6.45) is -15.8. The molecule has 3 rings (SSSR count). The summed E-state index contributed by atoms with van der Waals surface area (Å²) >= 11 is 0. The van der Waals surface area contributed by atoms with Gasteiger partial charge < -0.3 is 88.4 Å². The fourth-order valence-corrected chi connectivity index (χ4v) is 8.24. The quantitative estimate of drug-likeness (QED) is 0.0331. The fourth-order valence-electron chi connectivity index (χ4n) is 8.24. The fraction of sp³-hybridized carbons (Fsp3) is 0.881. The van der Waals surface area contributed by atoms with E-state index in [0.717, 1.165) is 0 Å². The van der Waals surface area contributed by atoms with Crippen LogP contribution in [0.1, 0.15) is 76.5 Å². The molecule has 23 nitrogen and oxygen atoms in total. The largest absolute Gasteiger partial charge is 0.480 e. The molecule has 0 bridgehead atoms. The van der Waals surface area contributed by atoms with Crippen molar-refractivity contribution in [3.05, 3.63) is 0 Å². The number of ether oxygens (including phenoxy) is 9. The first-order valence-corrected chi connectivity index (χ1v) is 21.8. The maximum atomic E-state index is 13.7. The van der Waals surface area contributed by atoms with E-state index in [4.69, 9.17) is 47.7 Å². The van der Waals surface area contributed by atoms with Crippen LogP contribution in [0.5, 0.6) is 0 Å². The molecule has 8 N–H and O–H groups in total. The first-order valence-electron chi connectivity index (χ1n) is 21.8. The van der Waals surface area contributed by atoms with Crippen LogP contribution < -0.4 is 0 Å². The summed E-state index contributed by atoms with van der Waals surface area (Å²) in [7, 11) is 1.23. The third-order valence-corrected chi connectivity index (χ3v) is 11.9. The van der Waals surface area contributed by atoms with Crippen LogP contribution >= 0.6 is 0 Å². The summed E-state index contributed by atoms with van der Waals surface area (Å²) < 4.78 is 49.8. The molecular formula is C42H75NO22. The number of hydrogen-bond acceptors (Lipinski definition) is 21. The molecule has 0 aromatic heterocycles. The van der Waals surface area contributed by atoms with Gasteiger partial charge in [-0.05, 0) is 60.3 Å². The number of hydrogen-bond donors (Lipinski definition) is 8. The van der Waals surface area contributed by atoms with E-state index in [1.54, 1.807) is 18.7 Å². The molecule has 23 heteroatoms. The van der Waals surface area contributed by atoms with Crippen LogP contribution in [0.15, 0.2) is 0 Å². The minimum absolute atomic E-state index is 0. The van der Waals surface area contributed by atoms with Gasteiger partial charge >= 0.3 is 23.9 Å². The highest BCUT2D eigenvalue weighted by atomic mass is 16.7. The second kappa shape index (κ2) is 25.3. The Labute approximate surface area is 381 Å². The Morgan fingerprint density at radius 2 is 1.40 bits per heavy atom. The molecule has 1 amide bonds. The monoisotopic (exact) mass is 945 g/mol. The van der Waals surface area contributed by atoms with Crippen LogP contribution in [0, 0.1) is 16.2 Å². The van der Waals surface area contributed by atoms with E-state index in [1.807, 2.05) is 0 Å². The number of carboxylic acid groups (broad SMARTS) is 1. The predicted molar refractivity (Wildman–Crippen MR) is 224 cm³/mol. The number of methoxy groups -OCH3 is 1. The van der Waals surface area contributed by atoms with E-state index in [1.165, 1.54) is 34.8 Å². The van der Waals surface area contributed by atoms with Crippen molar-refractivity contribution in [2.75, 3.05) is 73.1 Å². The topological polar surface area (TPSA) is 334 Å². The van der Waals surface area contributed by atoms with Crippen molar-refractivity contribution in [3.63, 3.8) is 0 Å². The molecule has 0 aromatic carbocycles. The lowest BCUT2D eigenvalue weighted by Gasteiger charge is -2.46. The molecule has 65 heavy (non-hydrogen) atoms. The Morgan fingerprint density at radius 1 is 0.800 bits per heavy atom. The second-order valence-corrected chi connectivity index (χ2v) is 18.2. The lowest BCUT2D eigenvalue weighted by atomic mass is 9.65. The molecule has 3 saturated heterocycles. The van der Waals surface area contributed by atoms with Crippen LogP contribution in [0.2, 0.25) is 0 Å². The standard InChI is InChI=1S/C42H71NO22.2H2/c1-8-41(5,38(55)60-13-12-43-11-9-10-28(43)47)22-42(6,39(56)62-16-24(45)14-44)21-40(3,4)37(54)61-17-25(46)15-58-18-26-34(57-7)32(52)33(53)36(64-26)65-35-27(19-59-20-29(48)49)63-23(2)30(50)31(35)51;;/h23-27,30-36,44-46,50-53H,8-22H2,1-7H3,(H,48,49);2*1H. The average molecular weight is 946 g/mol. The summed E-state index contributed by atoms with van der Waals surface area (Å²) in [4.78, 5) is 65.4. The summed E-state index contributed by atoms with van der Waals surface area (Å²) in [5, 5.41) is 82.0. The molecule has 3 aliphatic rings. The van der Waals surface area contributed by atoms with Crippen LogP contribution in [-0.4, -0.2) is 222 Å². The van der Waals surface area contributed by atoms with Gasteiger partial charge in [-0.25, -0.2) is 4.79 Å². The number of nitrogens with zero attached hydrogens (tertiary/aromatic N) is 1. The molecule has 3 heterocycles. The minimum Gasteiger partial charge on any atom is -0.480 e. The third-order valence-electron chi connectivity index (χ3n) is 11.9. The molecule has 3 aliphatic heterocycles.